The molecule has 4 rings (SSSR count). The van der Waals surface area contributed by atoms with Crippen molar-refractivity contribution < 1.29 is 13.9 Å². The first-order valence-corrected chi connectivity index (χ1v) is 10.5. The number of fused-ring (bicyclic) bond motifs is 1. The molecule has 0 aliphatic rings. The zero-order valence-corrected chi connectivity index (χ0v) is 18.4. The Hall–Kier alpha value is -3.04. The van der Waals surface area contributed by atoms with Gasteiger partial charge in [0, 0.05) is 17.1 Å². The molecule has 10 heteroatoms. The van der Waals surface area contributed by atoms with Crippen LogP contribution in [0, 0.1) is 5.82 Å². The molecule has 0 fully saturated rings. The third-order valence-corrected chi connectivity index (χ3v) is 6.13. The molecule has 0 aliphatic heterocycles. The number of nitrogens with two attached hydrogens (primary N) is 1. The van der Waals surface area contributed by atoms with Crippen LogP contribution in [-0.4, -0.2) is 33.7 Å². The van der Waals surface area contributed by atoms with Crippen LogP contribution in [0.4, 0.5) is 10.2 Å². The van der Waals surface area contributed by atoms with Crippen molar-refractivity contribution in [2.75, 3.05) is 20.0 Å². The molecule has 0 atom stereocenters. The fourth-order valence-corrected chi connectivity index (χ4v) is 4.48. The molecule has 0 aliphatic carbocycles. The lowest BCUT2D eigenvalue weighted by molar-refractivity contribution is 0.394. The second kappa shape index (κ2) is 8.99. The van der Waals surface area contributed by atoms with Crippen LogP contribution in [0.5, 0.6) is 11.5 Å². The molecule has 2 heterocycles. The van der Waals surface area contributed by atoms with Crippen molar-refractivity contribution >= 4 is 40.3 Å². The number of ether oxygens (including phenoxy) is 2. The van der Waals surface area contributed by atoms with E-state index in [-0.39, 0.29) is 11.6 Å². The number of nitrogens with zero attached hydrogens (tertiary/aromatic N) is 4. The molecule has 0 unspecified atom stereocenters. The van der Waals surface area contributed by atoms with Gasteiger partial charge in [-0.3, -0.25) is 0 Å². The molecular weight excluding hydrogens is 441 g/mol. The first kappa shape index (κ1) is 21.2. The Balaban J connectivity index is 1.76. The Labute approximate surface area is 187 Å². The minimum Gasteiger partial charge on any atom is -0.497 e. The van der Waals surface area contributed by atoms with Gasteiger partial charge >= 0.3 is 0 Å². The average Bonchev–Trinajstić information content (AvgIpc) is 3.12. The molecule has 160 valence electrons. The number of aromatic nitrogens is 4. The fraction of sp³-hybridized carbons (Fsp3) is 0.190. The van der Waals surface area contributed by atoms with Gasteiger partial charge in [0.2, 0.25) is 0 Å². The summed E-state index contributed by atoms with van der Waals surface area (Å²) in [6.45, 7) is 0.391. The summed E-state index contributed by atoms with van der Waals surface area (Å²) in [7, 11) is 3.19. The number of halogens is 2. The number of hydrogen-bond donors (Lipinski definition) is 1. The predicted octanol–water partition coefficient (Wildman–Crippen LogP) is 4.61. The molecule has 0 bridgehead atoms. The van der Waals surface area contributed by atoms with E-state index in [1.165, 1.54) is 24.2 Å². The van der Waals surface area contributed by atoms with E-state index >= 15 is 0 Å². The van der Waals surface area contributed by atoms with Crippen LogP contribution in [0.2, 0.25) is 5.02 Å². The Bertz CT molecular complexity index is 1230. The second-order valence-corrected chi connectivity index (χ2v) is 7.96. The molecule has 2 aromatic carbocycles. The summed E-state index contributed by atoms with van der Waals surface area (Å²) in [6.07, 6.45) is 1.73. The SMILES string of the molecule is COc1ccc(OC)c(Sc2nc3c(N)ncnc3n2CCc2c(F)cccc2Cl)c1. The summed E-state index contributed by atoms with van der Waals surface area (Å²) >= 11 is 7.58. The lowest BCUT2D eigenvalue weighted by atomic mass is 10.1. The van der Waals surface area contributed by atoms with Gasteiger partial charge in [-0.15, -0.1) is 0 Å². The van der Waals surface area contributed by atoms with Gasteiger partial charge in [0.05, 0.1) is 19.1 Å². The molecule has 0 saturated heterocycles. The number of anilines is 1. The van der Waals surface area contributed by atoms with Gasteiger partial charge in [-0.1, -0.05) is 17.7 Å². The lowest BCUT2D eigenvalue weighted by Gasteiger charge is -2.12. The number of imidazole rings is 1. The van der Waals surface area contributed by atoms with Crippen LogP contribution in [0.25, 0.3) is 11.2 Å². The molecule has 7 nitrogen and oxygen atoms in total. The highest BCUT2D eigenvalue weighted by Crippen LogP contribution is 2.38. The maximum Gasteiger partial charge on any atom is 0.175 e. The highest BCUT2D eigenvalue weighted by molar-refractivity contribution is 7.99. The summed E-state index contributed by atoms with van der Waals surface area (Å²) in [4.78, 5) is 13.8. The lowest BCUT2D eigenvalue weighted by Crippen LogP contribution is -2.06. The normalized spacial score (nSPS) is 11.1. The molecule has 0 radical (unpaired) electrons. The van der Waals surface area contributed by atoms with Gasteiger partial charge in [-0.2, -0.15) is 0 Å². The van der Waals surface area contributed by atoms with Gasteiger partial charge in [0.25, 0.3) is 0 Å². The van der Waals surface area contributed by atoms with Crippen molar-refractivity contribution in [3.63, 3.8) is 0 Å². The molecule has 0 saturated carbocycles. The van der Waals surface area contributed by atoms with E-state index in [0.717, 1.165) is 4.90 Å². The number of benzene rings is 2. The number of nitrogen functional groups attached to an aromatic ring is 1. The largest absolute Gasteiger partial charge is 0.497 e. The number of rotatable bonds is 7. The van der Waals surface area contributed by atoms with E-state index in [1.54, 1.807) is 26.4 Å². The van der Waals surface area contributed by atoms with Crippen LogP contribution in [0.3, 0.4) is 0 Å². The molecule has 2 N–H and O–H groups in total. The first-order chi connectivity index (χ1) is 15.0. The Kier molecular flexibility index (Phi) is 6.15. The van der Waals surface area contributed by atoms with Crippen LogP contribution in [0.15, 0.2) is 52.8 Å². The van der Waals surface area contributed by atoms with Gasteiger partial charge in [0.15, 0.2) is 22.1 Å². The minimum absolute atomic E-state index is 0.270. The topological polar surface area (TPSA) is 88.1 Å². The molecule has 0 spiro atoms. The minimum atomic E-state index is -0.352. The molecule has 31 heavy (non-hydrogen) atoms. The van der Waals surface area contributed by atoms with Gasteiger partial charge in [0.1, 0.15) is 23.6 Å². The van der Waals surface area contributed by atoms with E-state index in [9.17, 15) is 4.39 Å². The van der Waals surface area contributed by atoms with E-state index in [0.29, 0.717) is 51.4 Å². The van der Waals surface area contributed by atoms with Crippen molar-refractivity contribution in [3.05, 3.63) is 59.1 Å². The van der Waals surface area contributed by atoms with Crippen LogP contribution < -0.4 is 15.2 Å². The smallest absolute Gasteiger partial charge is 0.175 e. The summed E-state index contributed by atoms with van der Waals surface area (Å²) in [5.41, 5.74) is 7.50. The van der Waals surface area contributed by atoms with E-state index in [4.69, 9.17) is 26.8 Å². The van der Waals surface area contributed by atoms with E-state index < -0.39 is 0 Å². The molecule has 2 aromatic heterocycles. The zero-order chi connectivity index (χ0) is 22.0. The highest BCUT2D eigenvalue weighted by atomic mass is 35.5. The molecule has 4 aromatic rings. The predicted molar refractivity (Wildman–Crippen MR) is 119 cm³/mol. The van der Waals surface area contributed by atoms with Crippen molar-refractivity contribution in [2.24, 2.45) is 0 Å². The maximum atomic E-state index is 14.3. The Morgan fingerprint density at radius 3 is 2.74 bits per heavy atom. The zero-order valence-electron chi connectivity index (χ0n) is 16.8. The standard InChI is InChI=1S/C21H19ClFN5O2S/c1-29-12-6-7-16(30-2)17(10-12)31-21-27-18-19(24)25-11-26-20(18)28(21)9-8-13-14(22)4-3-5-15(13)23/h3-7,10-11H,8-9H2,1-2H3,(H2,24,25,26). The van der Waals surface area contributed by atoms with Crippen molar-refractivity contribution in [3.8, 4) is 11.5 Å². The van der Waals surface area contributed by atoms with Crippen LogP contribution in [0.1, 0.15) is 5.56 Å². The van der Waals surface area contributed by atoms with E-state index in [1.807, 2.05) is 22.8 Å². The van der Waals surface area contributed by atoms with Crippen LogP contribution in [-0.2, 0) is 13.0 Å². The first-order valence-electron chi connectivity index (χ1n) is 9.31. The maximum absolute atomic E-state index is 14.3. The van der Waals surface area contributed by atoms with E-state index in [2.05, 4.69) is 15.0 Å². The summed E-state index contributed by atoms with van der Waals surface area (Å²) in [5, 5.41) is 0.989. The Morgan fingerprint density at radius 1 is 1.16 bits per heavy atom. The number of aryl methyl sites for hydroxylation is 1. The molecule has 0 amide bonds. The highest BCUT2D eigenvalue weighted by Gasteiger charge is 2.19. The number of methoxy groups -OCH3 is 2. The third kappa shape index (κ3) is 4.24. The van der Waals surface area contributed by atoms with Gasteiger partial charge in [-0.05, 0) is 48.5 Å². The monoisotopic (exact) mass is 459 g/mol. The fourth-order valence-electron chi connectivity index (χ4n) is 3.17. The quantitative estimate of drug-likeness (QED) is 0.431. The summed E-state index contributed by atoms with van der Waals surface area (Å²) < 4.78 is 27.0. The average molecular weight is 460 g/mol. The van der Waals surface area contributed by atoms with Crippen LogP contribution >= 0.6 is 23.4 Å². The second-order valence-electron chi connectivity index (χ2n) is 6.55. The molecular formula is C21H19ClFN5O2S. The third-order valence-electron chi connectivity index (χ3n) is 4.74. The Morgan fingerprint density at radius 2 is 2.00 bits per heavy atom. The van der Waals surface area contributed by atoms with Crippen molar-refractivity contribution in [2.45, 2.75) is 23.0 Å². The summed E-state index contributed by atoms with van der Waals surface area (Å²) in [6, 6.07) is 10.1. The summed E-state index contributed by atoms with van der Waals surface area (Å²) in [5.74, 6) is 1.27. The van der Waals surface area contributed by atoms with Gasteiger partial charge in [-0.25, -0.2) is 19.3 Å². The van der Waals surface area contributed by atoms with Gasteiger partial charge < -0.3 is 19.8 Å². The number of hydrogen-bond acceptors (Lipinski definition) is 7. The van der Waals surface area contributed by atoms with Crippen molar-refractivity contribution in [1.29, 1.82) is 0 Å². The van der Waals surface area contributed by atoms with Crippen molar-refractivity contribution in [1.82, 2.24) is 19.5 Å².